The maximum absolute atomic E-state index is 12.3. The molecule has 1 atom stereocenters. The first-order chi connectivity index (χ1) is 11.6. The summed E-state index contributed by atoms with van der Waals surface area (Å²) >= 11 is 6.26. The molecule has 138 valence electrons. The monoisotopic (exact) mass is 368 g/mol. The normalized spacial score (nSPS) is 18.1. The van der Waals surface area contributed by atoms with Crippen LogP contribution in [0.15, 0.2) is 12.1 Å². The van der Waals surface area contributed by atoms with E-state index >= 15 is 0 Å². The van der Waals surface area contributed by atoms with E-state index < -0.39 is 5.60 Å². The van der Waals surface area contributed by atoms with Crippen LogP contribution in [0, 0.1) is 0 Å². The van der Waals surface area contributed by atoms with Crippen LogP contribution in [-0.4, -0.2) is 60.2 Å². The van der Waals surface area contributed by atoms with Crippen molar-refractivity contribution in [3.05, 3.63) is 23.0 Å². The second kappa shape index (κ2) is 7.47. The van der Waals surface area contributed by atoms with Crippen molar-refractivity contribution in [1.29, 1.82) is 0 Å². The molecule has 0 unspecified atom stereocenters. The van der Waals surface area contributed by atoms with Gasteiger partial charge in [-0.2, -0.15) is 0 Å². The molecule has 0 saturated carbocycles. The molecule has 1 N–H and O–H groups in total. The Labute approximate surface area is 153 Å². The standard InChI is InChI=1S/C17H25ClN4O3/c1-11-10-21(8-9-22(11)16(24)25-17(2,3)4)13-7-6-12(15(23)19-5)20-14(13)18/h6-7,11H,8-10H2,1-5H3,(H,19,23)/t11-/m1/s1. The van der Waals surface area contributed by atoms with Crippen LogP contribution in [0.25, 0.3) is 0 Å². The van der Waals surface area contributed by atoms with Crippen LogP contribution in [0.1, 0.15) is 38.2 Å². The third-order valence-corrected chi connectivity index (χ3v) is 4.16. The van der Waals surface area contributed by atoms with Crippen LogP contribution < -0.4 is 10.2 Å². The molecule has 2 heterocycles. The van der Waals surface area contributed by atoms with Gasteiger partial charge in [0.1, 0.15) is 11.3 Å². The zero-order valence-electron chi connectivity index (χ0n) is 15.3. The van der Waals surface area contributed by atoms with E-state index in [9.17, 15) is 9.59 Å². The Kier molecular flexibility index (Phi) is 5.77. The summed E-state index contributed by atoms with van der Waals surface area (Å²) in [5.74, 6) is -0.281. The third-order valence-electron chi connectivity index (χ3n) is 3.88. The molecule has 2 amide bonds. The molecule has 1 aliphatic rings. The molecular weight excluding hydrogens is 344 g/mol. The molecule has 1 fully saturated rings. The highest BCUT2D eigenvalue weighted by atomic mass is 35.5. The summed E-state index contributed by atoms with van der Waals surface area (Å²) in [5, 5.41) is 2.80. The number of nitrogens with one attached hydrogen (secondary N) is 1. The van der Waals surface area contributed by atoms with Crippen molar-refractivity contribution >= 4 is 29.3 Å². The maximum Gasteiger partial charge on any atom is 0.410 e. The number of ether oxygens (including phenoxy) is 1. The lowest BCUT2D eigenvalue weighted by atomic mass is 10.1. The van der Waals surface area contributed by atoms with E-state index in [0.29, 0.717) is 19.6 Å². The molecule has 2 rings (SSSR count). The van der Waals surface area contributed by atoms with Crippen molar-refractivity contribution in [2.45, 2.75) is 39.3 Å². The van der Waals surface area contributed by atoms with Crippen LogP contribution >= 0.6 is 11.6 Å². The molecule has 0 bridgehead atoms. The van der Waals surface area contributed by atoms with E-state index in [1.54, 1.807) is 24.1 Å². The number of aromatic nitrogens is 1. The van der Waals surface area contributed by atoms with Crippen LogP contribution in [-0.2, 0) is 4.74 Å². The number of carbonyl (C=O) groups is 2. The topological polar surface area (TPSA) is 74.8 Å². The quantitative estimate of drug-likeness (QED) is 0.812. The van der Waals surface area contributed by atoms with E-state index in [1.807, 2.05) is 27.7 Å². The Morgan fingerprint density at radius 2 is 2.00 bits per heavy atom. The van der Waals surface area contributed by atoms with Gasteiger partial charge < -0.3 is 19.9 Å². The Morgan fingerprint density at radius 3 is 2.52 bits per heavy atom. The van der Waals surface area contributed by atoms with Crippen molar-refractivity contribution in [3.8, 4) is 0 Å². The highest BCUT2D eigenvalue weighted by molar-refractivity contribution is 6.32. The van der Waals surface area contributed by atoms with Gasteiger partial charge in [-0.3, -0.25) is 4.79 Å². The smallest absolute Gasteiger partial charge is 0.410 e. The molecule has 0 aromatic carbocycles. The fraction of sp³-hybridized carbons (Fsp3) is 0.588. The van der Waals surface area contributed by atoms with Gasteiger partial charge in [-0.25, -0.2) is 9.78 Å². The molecule has 1 aromatic heterocycles. The predicted octanol–water partition coefficient (Wildman–Crippen LogP) is 2.54. The zero-order valence-corrected chi connectivity index (χ0v) is 16.1. The Morgan fingerprint density at radius 1 is 1.32 bits per heavy atom. The number of pyridine rings is 1. The number of carbonyl (C=O) groups excluding carboxylic acids is 2. The molecule has 7 nitrogen and oxygen atoms in total. The van der Waals surface area contributed by atoms with E-state index in [2.05, 4.69) is 15.2 Å². The molecule has 0 spiro atoms. The average Bonchev–Trinajstić information content (AvgIpc) is 2.52. The lowest BCUT2D eigenvalue weighted by Crippen LogP contribution is -2.55. The third kappa shape index (κ3) is 4.75. The van der Waals surface area contributed by atoms with Crippen molar-refractivity contribution in [2.75, 3.05) is 31.6 Å². The Bertz CT molecular complexity index is 660. The van der Waals surface area contributed by atoms with Crippen molar-refractivity contribution < 1.29 is 14.3 Å². The first-order valence-corrected chi connectivity index (χ1v) is 8.63. The summed E-state index contributed by atoms with van der Waals surface area (Å²) in [5.41, 5.74) is 0.512. The number of hydrogen-bond acceptors (Lipinski definition) is 5. The number of anilines is 1. The van der Waals surface area contributed by atoms with E-state index in [4.69, 9.17) is 16.3 Å². The molecule has 0 radical (unpaired) electrons. The number of amides is 2. The van der Waals surface area contributed by atoms with Crippen LogP contribution in [0.3, 0.4) is 0 Å². The largest absolute Gasteiger partial charge is 0.444 e. The van der Waals surface area contributed by atoms with Gasteiger partial charge in [-0.05, 0) is 39.8 Å². The van der Waals surface area contributed by atoms with Gasteiger partial charge in [0.05, 0.1) is 5.69 Å². The van der Waals surface area contributed by atoms with Gasteiger partial charge in [0.2, 0.25) is 0 Å². The van der Waals surface area contributed by atoms with Crippen molar-refractivity contribution in [1.82, 2.24) is 15.2 Å². The number of hydrogen-bond donors (Lipinski definition) is 1. The average molecular weight is 369 g/mol. The van der Waals surface area contributed by atoms with Gasteiger partial charge in [0.25, 0.3) is 5.91 Å². The maximum atomic E-state index is 12.3. The second-order valence-electron chi connectivity index (χ2n) is 7.05. The van der Waals surface area contributed by atoms with E-state index in [1.165, 1.54) is 0 Å². The Balaban J connectivity index is 2.08. The molecular formula is C17H25ClN4O3. The highest BCUT2D eigenvalue weighted by Gasteiger charge is 2.31. The number of rotatable bonds is 2. The van der Waals surface area contributed by atoms with Crippen LogP contribution in [0.4, 0.5) is 10.5 Å². The van der Waals surface area contributed by atoms with Crippen molar-refractivity contribution in [2.24, 2.45) is 0 Å². The minimum Gasteiger partial charge on any atom is -0.444 e. The number of nitrogens with zero attached hydrogens (tertiary/aromatic N) is 3. The fourth-order valence-electron chi connectivity index (χ4n) is 2.69. The summed E-state index contributed by atoms with van der Waals surface area (Å²) in [6.07, 6.45) is -0.307. The fourth-order valence-corrected chi connectivity index (χ4v) is 2.96. The molecule has 1 saturated heterocycles. The summed E-state index contributed by atoms with van der Waals surface area (Å²) < 4.78 is 5.45. The minimum absolute atomic E-state index is 0.0294. The zero-order chi connectivity index (χ0) is 18.8. The number of halogens is 1. The van der Waals surface area contributed by atoms with Crippen LogP contribution in [0.5, 0.6) is 0 Å². The first-order valence-electron chi connectivity index (χ1n) is 8.25. The Hall–Kier alpha value is -2.02. The van der Waals surface area contributed by atoms with E-state index in [-0.39, 0.29) is 28.9 Å². The highest BCUT2D eigenvalue weighted by Crippen LogP contribution is 2.27. The van der Waals surface area contributed by atoms with Gasteiger partial charge in [0.15, 0.2) is 5.15 Å². The molecule has 1 aliphatic heterocycles. The summed E-state index contributed by atoms with van der Waals surface area (Å²) in [6, 6.07) is 3.40. The summed E-state index contributed by atoms with van der Waals surface area (Å²) in [7, 11) is 1.55. The van der Waals surface area contributed by atoms with Gasteiger partial charge in [-0.1, -0.05) is 11.6 Å². The van der Waals surface area contributed by atoms with Crippen LogP contribution in [0.2, 0.25) is 5.15 Å². The van der Waals surface area contributed by atoms with E-state index in [0.717, 1.165) is 5.69 Å². The van der Waals surface area contributed by atoms with Gasteiger partial charge in [0, 0.05) is 32.7 Å². The second-order valence-corrected chi connectivity index (χ2v) is 7.41. The minimum atomic E-state index is -0.517. The number of piperazine rings is 1. The van der Waals surface area contributed by atoms with Gasteiger partial charge >= 0.3 is 6.09 Å². The lowest BCUT2D eigenvalue weighted by Gasteiger charge is -2.41. The predicted molar refractivity (Wildman–Crippen MR) is 97.3 cm³/mol. The molecule has 1 aromatic rings. The SMILES string of the molecule is CNC(=O)c1ccc(N2CCN(C(=O)OC(C)(C)C)[C@H](C)C2)c(Cl)n1. The lowest BCUT2D eigenvalue weighted by molar-refractivity contribution is 0.0159. The molecule has 0 aliphatic carbocycles. The summed E-state index contributed by atoms with van der Waals surface area (Å²) in [4.78, 5) is 31.9. The van der Waals surface area contributed by atoms with Crippen molar-refractivity contribution in [3.63, 3.8) is 0 Å². The molecule has 25 heavy (non-hydrogen) atoms. The van der Waals surface area contributed by atoms with Gasteiger partial charge in [-0.15, -0.1) is 0 Å². The first kappa shape index (κ1) is 19.3. The molecule has 8 heteroatoms. The summed E-state index contributed by atoms with van der Waals surface area (Å²) in [6.45, 7) is 9.28.